The van der Waals surface area contributed by atoms with Crippen molar-refractivity contribution < 1.29 is 31.4 Å². The van der Waals surface area contributed by atoms with Crippen molar-refractivity contribution >= 4 is 94.0 Å². The van der Waals surface area contributed by atoms with Gasteiger partial charge in [-0.2, -0.15) is 13.7 Å². The second kappa shape index (κ2) is 21.8. The van der Waals surface area contributed by atoms with E-state index in [4.69, 9.17) is 8.53 Å². The molecule has 20 aromatic heterocycles. The highest BCUT2D eigenvalue weighted by atomic mass is 32.1. The number of fused-ring (bicyclic) bond motifs is 35. The molecule has 0 unspecified atom stereocenters. The summed E-state index contributed by atoms with van der Waals surface area (Å²) >= 11 is 1.80. The van der Waals surface area contributed by atoms with E-state index in [0.717, 1.165) is 99.2 Å². The highest BCUT2D eigenvalue weighted by Crippen LogP contribution is 2.40. The van der Waals surface area contributed by atoms with Gasteiger partial charge < -0.3 is 22.0 Å². The Morgan fingerprint density at radius 2 is 0.883 bits per heavy atom. The number of oxazole rings is 1. The first-order chi connectivity index (χ1) is 52.1. The molecule has 1 aromatic carbocycles. The first kappa shape index (κ1) is 54.1. The second-order valence-corrected chi connectivity index (χ2v) is 27.0. The molecule has 0 fully saturated rings. The van der Waals surface area contributed by atoms with Crippen LogP contribution in [0.5, 0.6) is 0 Å². The van der Waals surface area contributed by atoms with E-state index in [9.17, 15) is 0 Å². The Bertz CT molecular complexity index is 7090. The fourth-order valence-electron chi connectivity index (χ4n) is 15.9. The van der Waals surface area contributed by atoms with Gasteiger partial charge in [0.15, 0.2) is 57.9 Å². The Morgan fingerprint density at radius 1 is 0.417 bits per heavy atom. The molecular formula is C78H56N23OS+5. The number of hydrogen-bond donors (Lipinski definition) is 0. The van der Waals surface area contributed by atoms with Crippen molar-refractivity contribution in [2.45, 2.75) is 32.7 Å². The third-order valence-corrected chi connectivity index (χ3v) is 21.7. The van der Waals surface area contributed by atoms with Crippen LogP contribution in [0.3, 0.4) is 0 Å². The van der Waals surface area contributed by atoms with Gasteiger partial charge in [-0.3, -0.25) is 29.3 Å². The van der Waals surface area contributed by atoms with E-state index in [1.54, 1.807) is 36.1 Å². The Morgan fingerprint density at radius 3 is 1.51 bits per heavy atom. The molecule has 0 atom stereocenters. The fourth-order valence-corrected chi connectivity index (χ4v) is 17.2. The number of aryl methyl sites for hydroxylation is 2. The molecule has 0 bridgehead atoms. The molecule has 25 heterocycles. The summed E-state index contributed by atoms with van der Waals surface area (Å²) in [6.07, 6.45) is 48.1. The number of benzene rings is 1. The quantitative estimate of drug-likeness (QED) is 0.142. The third-order valence-electron chi connectivity index (χ3n) is 20.4. The molecule has 26 rings (SSSR count). The van der Waals surface area contributed by atoms with Gasteiger partial charge in [-0.25, -0.2) is 47.8 Å². The van der Waals surface area contributed by atoms with Crippen LogP contribution in [0, 0.1) is 0 Å². The van der Waals surface area contributed by atoms with E-state index in [1.807, 2.05) is 167 Å². The largest absolute Gasteiger partial charge is 0.393 e. The predicted octanol–water partition coefficient (Wildman–Crippen LogP) is 10.1. The summed E-state index contributed by atoms with van der Waals surface area (Å²) in [5, 5.41) is 1.29. The van der Waals surface area contributed by atoms with Gasteiger partial charge in [-0.05, 0) is 72.8 Å². The lowest BCUT2D eigenvalue weighted by Crippen LogP contribution is -2.31. The molecule has 24 nitrogen and oxygen atoms in total. The monoisotopic (exact) mass is 1370 g/mol. The van der Waals surface area contributed by atoms with Crippen molar-refractivity contribution in [3.63, 3.8) is 0 Å². The molecule has 25 heteroatoms. The zero-order valence-corrected chi connectivity index (χ0v) is 55.5. The number of aromatic nitrogens is 23. The lowest BCUT2D eigenvalue weighted by molar-refractivity contribution is -0.649. The predicted molar refractivity (Wildman–Crippen MR) is 384 cm³/mol. The first-order valence-corrected chi connectivity index (χ1v) is 34.4. The van der Waals surface area contributed by atoms with Crippen LogP contribution < -0.4 is 22.8 Å². The van der Waals surface area contributed by atoms with Gasteiger partial charge in [-0.1, -0.05) is 29.5 Å². The third kappa shape index (κ3) is 8.35. The maximum absolute atomic E-state index is 8.02. The number of pyridine rings is 5. The number of imidazole rings is 3. The van der Waals surface area contributed by atoms with Crippen LogP contribution >= 0.6 is 11.3 Å². The summed E-state index contributed by atoms with van der Waals surface area (Å²) < 4.78 is 58.7. The van der Waals surface area contributed by atoms with Crippen molar-refractivity contribution in [2.24, 2.45) is 14.0 Å². The summed E-state index contributed by atoms with van der Waals surface area (Å²) in [5.41, 5.74) is 27.0. The molecule has 5 aliphatic rings. The van der Waals surface area contributed by atoms with Crippen molar-refractivity contribution in [1.82, 2.24) is 85.5 Å². The van der Waals surface area contributed by atoms with Crippen molar-refractivity contribution in [3.05, 3.63) is 274 Å². The minimum Gasteiger partial charge on any atom is -0.393 e. The second-order valence-electron chi connectivity index (χ2n) is 26.0. The van der Waals surface area contributed by atoms with E-state index < -0.39 is 6.98 Å². The fraction of sp³-hybridized carbons (Fsp3) is 0.0897. The van der Waals surface area contributed by atoms with Crippen LogP contribution in [0.1, 0.15) is 31.9 Å². The van der Waals surface area contributed by atoms with Gasteiger partial charge in [0.25, 0.3) is 28.0 Å². The topological polar surface area (TPSA) is 198 Å². The lowest BCUT2D eigenvalue weighted by Gasteiger charge is -2.01. The summed E-state index contributed by atoms with van der Waals surface area (Å²) in [6, 6.07) is 30.4. The Hall–Kier alpha value is -13.8. The maximum Gasteiger partial charge on any atom is 0.384 e. The minimum atomic E-state index is -2.30. The molecule has 0 spiro atoms. The highest BCUT2D eigenvalue weighted by molar-refractivity contribution is 7.22. The minimum absolute atomic E-state index is 0.634. The number of para-hydroxylation sites is 1. The summed E-state index contributed by atoms with van der Waals surface area (Å²) in [6.45, 7) is 1.88. The van der Waals surface area contributed by atoms with Gasteiger partial charge in [0.2, 0.25) is 27.6 Å². The molecule has 103 heavy (non-hydrogen) atoms. The Labute approximate surface area is 590 Å². The first-order valence-electron chi connectivity index (χ1n) is 35.1. The molecule has 21 aromatic rings. The number of thiazole rings is 1. The zero-order valence-electron chi connectivity index (χ0n) is 57.7. The van der Waals surface area contributed by atoms with E-state index in [-0.39, 0.29) is 0 Å². The summed E-state index contributed by atoms with van der Waals surface area (Å²) in [5.74, 6) is 3.94. The summed E-state index contributed by atoms with van der Waals surface area (Å²) in [7, 11) is 2.10. The van der Waals surface area contributed by atoms with Crippen molar-refractivity contribution in [1.29, 1.82) is 0 Å². The van der Waals surface area contributed by atoms with E-state index in [1.165, 1.54) is 86.9 Å². The molecule has 490 valence electrons. The molecule has 0 N–H and O–H groups in total. The standard InChI is InChI=1S/C20H14N5.2C15H12N5.C14H9N4O.C14H9N4S/c1-2-5-15(6-3-1)25-18-17(13-23-10-4-8-22-19(18)23)24-12-14-7-9-21-11-16(14)20(24)25;2*1-18-13-12(9-19-6-2-4-17-14(13)19)20-8-10-3-5-16-7-11(10)15(18)20;2*1-3-16-13-12-11(8-17(13)5-1)18-7-9-2-4-15-6-10(9)14(18)19-12/h1-11,13H,12H2;2*2-7,9H,8H2,1H3;2*1-6,8H,7H2/q5*+1/i;1D3;;;. The van der Waals surface area contributed by atoms with Crippen molar-refractivity contribution in [3.8, 4) is 61.9 Å². The van der Waals surface area contributed by atoms with Crippen molar-refractivity contribution in [2.75, 3.05) is 0 Å². The number of rotatable bonds is 1. The van der Waals surface area contributed by atoms with Gasteiger partial charge in [0, 0.05) is 152 Å². The van der Waals surface area contributed by atoms with E-state index >= 15 is 0 Å². The summed E-state index contributed by atoms with van der Waals surface area (Å²) in [4.78, 5) is 43.6. The van der Waals surface area contributed by atoms with Gasteiger partial charge >= 0.3 is 5.89 Å². The molecule has 0 radical (unpaired) electrons. The average Bonchev–Trinajstić information content (AvgIpc) is 1.56. The molecule has 0 amide bonds. The molecule has 0 saturated carbocycles. The van der Waals surface area contributed by atoms with Crippen LogP contribution in [0.2, 0.25) is 0 Å². The molecule has 0 aliphatic carbocycles. The van der Waals surface area contributed by atoms with Crippen LogP contribution in [-0.2, 0) is 46.7 Å². The van der Waals surface area contributed by atoms with Crippen LogP contribution in [0.4, 0.5) is 0 Å². The lowest BCUT2D eigenvalue weighted by atomic mass is 10.1. The molecule has 5 aliphatic heterocycles. The van der Waals surface area contributed by atoms with E-state index in [0.29, 0.717) is 23.5 Å². The smallest absolute Gasteiger partial charge is 0.384 e. The van der Waals surface area contributed by atoms with Gasteiger partial charge in [0.05, 0.1) is 71.4 Å². The number of hydrogen-bond acceptors (Lipinski definition) is 12. The van der Waals surface area contributed by atoms with Crippen LogP contribution in [-0.4, -0.2) is 85.5 Å². The normalized spacial score (nSPS) is 13.5. The Balaban J connectivity index is 0.0000000830. The SMILES string of the molecule is C[n+]1c2n(c3cn4cccnc4c31)Cc1ccncc1-2.[2H]C([2H])([2H])[n+]1c2n(c3cn4cccnc4c31)Cc1ccncc1-2.c1ccc(-n2c3[n+](c4cn5cccnc5c42)Cc2ccncc2-3)cc1.c1cnc2c3oc4[n+](c3cn2c1)Cc1ccncc1-4.c1cnc2c3sc4[n+](c3cn2c1)Cc1ccncc1-4. The number of nitrogens with zero attached hydrogens (tertiary/aromatic N) is 23. The van der Waals surface area contributed by atoms with E-state index in [2.05, 4.69) is 165 Å². The molecule has 0 saturated heterocycles. The highest BCUT2D eigenvalue weighted by Gasteiger charge is 2.41. The maximum atomic E-state index is 8.02. The van der Waals surface area contributed by atoms with Crippen LogP contribution in [0.15, 0.2) is 250 Å². The molecular weight excluding hydrogens is 1310 g/mol. The van der Waals surface area contributed by atoms with Gasteiger partial charge in [-0.15, -0.1) is 0 Å². The van der Waals surface area contributed by atoms with Crippen LogP contribution in [0.25, 0.3) is 145 Å². The zero-order chi connectivity index (χ0) is 70.2. The van der Waals surface area contributed by atoms with Gasteiger partial charge in [0.1, 0.15) is 35.6 Å². The average molecular weight is 1370 g/mol. The Kier molecular flexibility index (Phi) is 11.5.